The molecule has 0 bridgehead atoms. The largest absolute Gasteiger partial charge is 0.208 e. The standard InChI is InChI=1S/C58H35N3S/c1-3-16-36(17-4-1)38-20-15-21-39(32-38)56-59-55(37-18-5-2-6-19-37)60-57(61-56)40-30-31-51-46(33-40)42-23-8-7-22-41(42)43-24-9-12-27-49(43)58(51)50-28-13-10-25-44(50)47-35-54-48(34-52(47)58)45-26-11-14-29-53(45)62-54/h1-35H. The molecule has 0 radical (unpaired) electrons. The van der Waals surface area contributed by atoms with Gasteiger partial charge in [0.15, 0.2) is 17.5 Å². The minimum absolute atomic E-state index is 0.607. The lowest BCUT2D eigenvalue weighted by Gasteiger charge is -2.35. The number of hydrogen-bond donors (Lipinski definition) is 0. The number of hydrogen-bond acceptors (Lipinski definition) is 4. The van der Waals surface area contributed by atoms with Crippen LogP contribution < -0.4 is 0 Å². The summed E-state index contributed by atoms with van der Waals surface area (Å²) < 4.78 is 2.62. The molecule has 9 aromatic carbocycles. The maximum absolute atomic E-state index is 5.30. The van der Waals surface area contributed by atoms with E-state index in [1.165, 1.54) is 75.8 Å². The Morgan fingerprint density at radius 2 is 0.774 bits per heavy atom. The first-order valence-electron chi connectivity index (χ1n) is 21.1. The third-order valence-corrected chi connectivity index (χ3v) is 14.1. The van der Waals surface area contributed by atoms with E-state index in [4.69, 9.17) is 15.0 Å². The zero-order valence-corrected chi connectivity index (χ0v) is 34.3. The third kappa shape index (κ3) is 5.14. The molecule has 0 saturated carbocycles. The molecule has 0 fully saturated rings. The second-order valence-corrected chi connectivity index (χ2v) is 17.3. The Morgan fingerprint density at radius 1 is 0.274 bits per heavy atom. The van der Waals surface area contributed by atoms with Gasteiger partial charge in [0.05, 0.1) is 5.41 Å². The van der Waals surface area contributed by atoms with E-state index in [0.717, 1.165) is 27.8 Å². The highest BCUT2D eigenvalue weighted by atomic mass is 32.1. The first-order valence-corrected chi connectivity index (χ1v) is 21.9. The molecular formula is C58H35N3S. The molecule has 11 aromatic rings. The Labute approximate surface area is 363 Å². The van der Waals surface area contributed by atoms with Gasteiger partial charge in [-0.15, -0.1) is 11.3 Å². The summed E-state index contributed by atoms with van der Waals surface area (Å²) in [6.07, 6.45) is 0. The lowest BCUT2D eigenvalue weighted by atomic mass is 9.65. The number of benzene rings is 9. The van der Waals surface area contributed by atoms with Gasteiger partial charge in [0.25, 0.3) is 0 Å². The van der Waals surface area contributed by atoms with Gasteiger partial charge in [-0.3, -0.25) is 0 Å². The Kier molecular flexibility index (Phi) is 7.69. The van der Waals surface area contributed by atoms with Crippen molar-refractivity contribution < 1.29 is 0 Å². The third-order valence-electron chi connectivity index (χ3n) is 13.0. The topological polar surface area (TPSA) is 38.7 Å². The zero-order chi connectivity index (χ0) is 40.8. The first kappa shape index (κ1) is 35.0. The molecule has 288 valence electrons. The van der Waals surface area contributed by atoms with E-state index in [1.807, 2.05) is 35.6 Å². The number of aromatic nitrogens is 3. The van der Waals surface area contributed by atoms with Crippen molar-refractivity contribution in [2.45, 2.75) is 5.41 Å². The van der Waals surface area contributed by atoms with Crippen molar-refractivity contribution >= 4 is 31.5 Å². The van der Waals surface area contributed by atoms with Crippen molar-refractivity contribution in [1.29, 1.82) is 0 Å². The van der Waals surface area contributed by atoms with Crippen LogP contribution in [0, 0.1) is 0 Å². The normalized spacial score (nSPS) is 14.5. The lowest BCUT2D eigenvalue weighted by molar-refractivity contribution is 0.776. The van der Waals surface area contributed by atoms with E-state index in [-0.39, 0.29) is 0 Å². The van der Waals surface area contributed by atoms with Crippen LogP contribution >= 0.6 is 11.3 Å². The lowest BCUT2D eigenvalue weighted by Crippen LogP contribution is -2.29. The van der Waals surface area contributed by atoms with Crippen LogP contribution in [-0.4, -0.2) is 15.0 Å². The predicted molar refractivity (Wildman–Crippen MR) is 256 cm³/mol. The van der Waals surface area contributed by atoms with Crippen molar-refractivity contribution in [2.24, 2.45) is 0 Å². The summed E-state index contributed by atoms with van der Waals surface area (Å²) in [7, 11) is 0. The molecule has 0 aliphatic heterocycles. The van der Waals surface area contributed by atoms with Crippen molar-refractivity contribution in [3.8, 4) is 78.7 Å². The van der Waals surface area contributed by atoms with Crippen molar-refractivity contribution in [3.05, 3.63) is 235 Å². The Hall–Kier alpha value is -7.79. The molecule has 1 spiro atoms. The molecule has 3 nitrogen and oxygen atoms in total. The zero-order valence-electron chi connectivity index (χ0n) is 33.5. The van der Waals surface area contributed by atoms with Gasteiger partial charge >= 0.3 is 0 Å². The number of rotatable bonds is 4. The van der Waals surface area contributed by atoms with E-state index in [1.54, 1.807) is 0 Å². The summed E-state index contributed by atoms with van der Waals surface area (Å²) >= 11 is 1.88. The van der Waals surface area contributed by atoms with Gasteiger partial charge in [0.2, 0.25) is 0 Å². The van der Waals surface area contributed by atoms with Crippen LogP contribution in [0.4, 0.5) is 0 Å². The summed E-state index contributed by atoms with van der Waals surface area (Å²) in [5, 5.41) is 2.60. The quantitative estimate of drug-likeness (QED) is 0.178. The Balaban J connectivity index is 1.09. The first-order chi connectivity index (χ1) is 30.7. The highest BCUT2D eigenvalue weighted by Gasteiger charge is 2.50. The highest BCUT2D eigenvalue weighted by molar-refractivity contribution is 7.25. The van der Waals surface area contributed by atoms with E-state index in [9.17, 15) is 0 Å². The van der Waals surface area contributed by atoms with Crippen LogP contribution in [0.1, 0.15) is 22.3 Å². The molecule has 4 heteroatoms. The molecule has 62 heavy (non-hydrogen) atoms. The maximum Gasteiger partial charge on any atom is 0.164 e. The van der Waals surface area contributed by atoms with Crippen molar-refractivity contribution in [2.75, 3.05) is 0 Å². The minimum Gasteiger partial charge on any atom is -0.208 e. The van der Waals surface area contributed by atoms with Crippen LogP contribution in [0.25, 0.3) is 98.8 Å². The SMILES string of the molecule is c1ccc(-c2cccc(-c3nc(-c4ccccc4)nc(-c4ccc5c(c4)-c4ccccc4-c4ccccc4C54c5ccccc5-c5cc6sc7ccccc7c6cc54)n3)c2)cc1. The van der Waals surface area contributed by atoms with Gasteiger partial charge in [0, 0.05) is 36.9 Å². The minimum atomic E-state index is -0.607. The molecule has 2 aliphatic carbocycles. The van der Waals surface area contributed by atoms with Crippen LogP contribution in [-0.2, 0) is 5.41 Å². The average molecular weight is 806 g/mol. The monoisotopic (exact) mass is 805 g/mol. The summed E-state index contributed by atoms with van der Waals surface area (Å²) in [5.41, 5.74) is 17.0. The molecule has 0 saturated heterocycles. The fourth-order valence-electron chi connectivity index (χ4n) is 10.3. The summed E-state index contributed by atoms with van der Waals surface area (Å²) in [4.78, 5) is 15.7. The predicted octanol–water partition coefficient (Wildman–Crippen LogP) is 14.9. The number of nitrogens with zero attached hydrogens (tertiary/aromatic N) is 3. The molecular weight excluding hydrogens is 771 g/mol. The average Bonchev–Trinajstić information content (AvgIpc) is 3.82. The van der Waals surface area contributed by atoms with Crippen LogP contribution in [0.15, 0.2) is 212 Å². The molecule has 1 atom stereocenters. The molecule has 1 unspecified atom stereocenters. The summed E-state index contributed by atoms with van der Waals surface area (Å²) in [6.45, 7) is 0. The van der Waals surface area contributed by atoms with E-state index < -0.39 is 5.41 Å². The fraction of sp³-hybridized carbons (Fsp3) is 0.0172. The maximum atomic E-state index is 5.30. The molecule has 2 aliphatic rings. The smallest absolute Gasteiger partial charge is 0.164 e. The van der Waals surface area contributed by atoms with Crippen LogP contribution in [0.5, 0.6) is 0 Å². The second kappa shape index (κ2) is 13.6. The van der Waals surface area contributed by atoms with Gasteiger partial charge in [-0.1, -0.05) is 182 Å². The number of fused-ring (bicyclic) bond motifs is 15. The summed E-state index contributed by atoms with van der Waals surface area (Å²) in [5.74, 6) is 1.91. The van der Waals surface area contributed by atoms with E-state index in [2.05, 4.69) is 188 Å². The summed E-state index contributed by atoms with van der Waals surface area (Å²) in [6, 6.07) is 77.0. The van der Waals surface area contributed by atoms with Crippen molar-refractivity contribution in [1.82, 2.24) is 15.0 Å². The Bertz CT molecular complexity index is 3590. The second-order valence-electron chi connectivity index (χ2n) is 16.3. The van der Waals surface area contributed by atoms with Gasteiger partial charge in [-0.2, -0.15) is 0 Å². The van der Waals surface area contributed by atoms with E-state index >= 15 is 0 Å². The molecule has 13 rings (SSSR count). The van der Waals surface area contributed by atoms with Gasteiger partial charge in [-0.25, -0.2) is 15.0 Å². The van der Waals surface area contributed by atoms with Gasteiger partial charge < -0.3 is 0 Å². The van der Waals surface area contributed by atoms with Gasteiger partial charge in [0.1, 0.15) is 0 Å². The highest BCUT2D eigenvalue weighted by Crippen LogP contribution is 2.62. The fourth-order valence-corrected chi connectivity index (χ4v) is 11.4. The van der Waals surface area contributed by atoms with Crippen LogP contribution in [0.2, 0.25) is 0 Å². The number of thiophene rings is 1. The molecule has 2 heterocycles. The van der Waals surface area contributed by atoms with Crippen molar-refractivity contribution in [3.63, 3.8) is 0 Å². The molecule has 0 amide bonds. The van der Waals surface area contributed by atoms with Crippen LogP contribution in [0.3, 0.4) is 0 Å². The molecule has 0 N–H and O–H groups in total. The van der Waals surface area contributed by atoms with Gasteiger partial charge in [-0.05, 0) is 97.1 Å². The van der Waals surface area contributed by atoms with E-state index in [0.29, 0.717) is 17.5 Å². The molecule has 2 aromatic heterocycles. The Morgan fingerprint density at radius 3 is 1.50 bits per heavy atom.